The zero-order valence-electron chi connectivity index (χ0n) is 20.5. The molecule has 0 aromatic heterocycles. The number of rotatable bonds is 18. The van der Waals surface area contributed by atoms with Crippen LogP contribution >= 0.6 is 23.5 Å². The molecule has 32 heavy (non-hydrogen) atoms. The van der Waals surface area contributed by atoms with E-state index in [1.165, 1.54) is 64.2 Å². The highest BCUT2D eigenvalue weighted by Gasteiger charge is 2.16. The van der Waals surface area contributed by atoms with E-state index in [4.69, 9.17) is 0 Å². The third-order valence-corrected chi connectivity index (χ3v) is 10.2. The van der Waals surface area contributed by atoms with Gasteiger partial charge in [-0.2, -0.15) is 23.5 Å². The first-order valence-corrected chi connectivity index (χ1v) is 15.8. The van der Waals surface area contributed by atoms with Gasteiger partial charge in [-0.25, -0.2) is 0 Å². The lowest BCUT2D eigenvalue weighted by Crippen LogP contribution is -2.15. The van der Waals surface area contributed by atoms with Crippen molar-refractivity contribution in [3.63, 3.8) is 0 Å². The van der Waals surface area contributed by atoms with Gasteiger partial charge in [0.2, 0.25) is 0 Å². The standard InChI is InChI=1S/C27H50O3S2/c28-23(13-5-1-7-15-24(29)21-31-26-17-9-3-10-18-26)14-6-2-8-16-25(30)22-32-27-19-11-4-12-20-27/h24-27,29-30H,1-22H2. The molecule has 0 bridgehead atoms. The molecule has 5 heteroatoms. The minimum absolute atomic E-state index is 0.172. The molecular formula is C27H50O3S2. The lowest BCUT2D eigenvalue weighted by molar-refractivity contribution is -0.119. The van der Waals surface area contributed by atoms with E-state index in [9.17, 15) is 15.0 Å². The highest BCUT2D eigenvalue weighted by molar-refractivity contribution is 8.00. The second-order valence-corrected chi connectivity index (χ2v) is 12.9. The average Bonchev–Trinajstić information content (AvgIpc) is 2.82. The zero-order valence-corrected chi connectivity index (χ0v) is 22.1. The van der Waals surface area contributed by atoms with Crippen LogP contribution in [0.3, 0.4) is 0 Å². The fourth-order valence-electron chi connectivity index (χ4n) is 5.01. The number of thioether (sulfide) groups is 2. The third-order valence-electron chi connectivity index (χ3n) is 7.14. The Kier molecular flexibility index (Phi) is 16.6. The lowest BCUT2D eigenvalue weighted by atomic mass is 10.0. The zero-order chi connectivity index (χ0) is 22.9. The third kappa shape index (κ3) is 14.5. The van der Waals surface area contributed by atoms with Crippen LogP contribution in [-0.4, -0.2) is 50.2 Å². The molecule has 2 aliphatic rings. The highest BCUT2D eigenvalue weighted by Crippen LogP contribution is 2.30. The smallest absolute Gasteiger partial charge is 0.132 e. The summed E-state index contributed by atoms with van der Waals surface area (Å²) in [6.45, 7) is 0. The maximum absolute atomic E-state index is 12.1. The van der Waals surface area contributed by atoms with E-state index in [1.807, 2.05) is 23.5 Å². The Balaban J connectivity index is 1.33. The molecule has 2 N–H and O–H groups in total. The van der Waals surface area contributed by atoms with Crippen molar-refractivity contribution in [1.29, 1.82) is 0 Å². The first-order chi connectivity index (χ1) is 15.6. The number of aliphatic hydroxyl groups is 2. The summed E-state index contributed by atoms with van der Waals surface area (Å²) < 4.78 is 0. The number of aliphatic hydroxyl groups excluding tert-OH is 2. The van der Waals surface area contributed by atoms with Crippen molar-refractivity contribution in [3.8, 4) is 0 Å². The Morgan fingerprint density at radius 1 is 0.625 bits per heavy atom. The molecule has 0 aliphatic heterocycles. The summed E-state index contributed by atoms with van der Waals surface area (Å²) in [7, 11) is 0. The molecule has 2 unspecified atom stereocenters. The van der Waals surface area contributed by atoms with Crippen molar-refractivity contribution < 1.29 is 15.0 Å². The van der Waals surface area contributed by atoms with E-state index >= 15 is 0 Å². The molecule has 2 atom stereocenters. The van der Waals surface area contributed by atoms with Crippen LogP contribution in [0.5, 0.6) is 0 Å². The molecule has 3 nitrogen and oxygen atoms in total. The highest BCUT2D eigenvalue weighted by atomic mass is 32.2. The minimum atomic E-state index is -0.172. The summed E-state index contributed by atoms with van der Waals surface area (Å²) in [5.74, 6) is 2.17. The fraction of sp³-hybridized carbons (Fsp3) is 0.963. The van der Waals surface area contributed by atoms with Gasteiger partial charge in [0.05, 0.1) is 12.2 Å². The second-order valence-electron chi connectivity index (χ2n) is 10.2. The van der Waals surface area contributed by atoms with Crippen molar-refractivity contribution in [2.75, 3.05) is 11.5 Å². The van der Waals surface area contributed by atoms with E-state index < -0.39 is 0 Å². The maximum Gasteiger partial charge on any atom is 0.132 e. The lowest BCUT2D eigenvalue weighted by Gasteiger charge is -2.22. The monoisotopic (exact) mass is 486 g/mol. The maximum atomic E-state index is 12.1. The number of carbonyl (C=O) groups excluding carboxylic acids is 1. The summed E-state index contributed by atoms with van der Waals surface area (Å²) in [6, 6.07) is 0. The quantitative estimate of drug-likeness (QED) is 0.199. The summed E-state index contributed by atoms with van der Waals surface area (Å²) in [4.78, 5) is 12.1. The van der Waals surface area contributed by atoms with Gasteiger partial charge in [0.1, 0.15) is 5.78 Å². The van der Waals surface area contributed by atoms with Crippen LogP contribution in [-0.2, 0) is 4.79 Å². The van der Waals surface area contributed by atoms with Gasteiger partial charge < -0.3 is 10.2 Å². The molecule has 188 valence electrons. The second kappa shape index (κ2) is 18.6. The Morgan fingerprint density at radius 3 is 1.44 bits per heavy atom. The molecule has 2 fully saturated rings. The molecule has 0 radical (unpaired) electrons. The van der Waals surface area contributed by atoms with E-state index in [-0.39, 0.29) is 12.2 Å². The first-order valence-electron chi connectivity index (χ1n) is 13.7. The minimum Gasteiger partial charge on any atom is -0.392 e. The number of hydrogen-bond donors (Lipinski definition) is 2. The Morgan fingerprint density at radius 2 is 1.03 bits per heavy atom. The Bertz CT molecular complexity index is 422. The topological polar surface area (TPSA) is 57.5 Å². The van der Waals surface area contributed by atoms with Crippen LogP contribution in [0, 0.1) is 0 Å². The van der Waals surface area contributed by atoms with Crippen molar-refractivity contribution in [2.24, 2.45) is 0 Å². The van der Waals surface area contributed by atoms with Gasteiger partial charge in [-0.3, -0.25) is 4.79 Å². The number of hydrogen-bond acceptors (Lipinski definition) is 5. The first kappa shape index (κ1) is 28.5. The SMILES string of the molecule is O=C(CCCCCC(O)CSC1CCCCC1)CCCCCC(O)CSC1CCCCC1. The van der Waals surface area contributed by atoms with Gasteiger partial charge >= 0.3 is 0 Å². The summed E-state index contributed by atoms with van der Waals surface area (Å²) >= 11 is 3.95. The average molecular weight is 487 g/mol. The van der Waals surface area contributed by atoms with Crippen molar-refractivity contribution in [1.82, 2.24) is 0 Å². The number of Topliss-reactive ketones (excluding diaryl/α,β-unsaturated/α-hetero) is 1. The van der Waals surface area contributed by atoms with Crippen LogP contribution in [0.2, 0.25) is 0 Å². The summed E-state index contributed by atoms with van der Waals surface area (Å²) in [5.41, 5.74) is 0. The molecule has 0 heterocycles. The summed E-state index contributed by atoms with van der Waals surface area (Å²) in [6.07, 6.45) is 22.5. The van der Waals surface area contributed by atoms with Crippen LogP contribution in [0.25, 0.3) is 0 Å². The van der Waals surface area contributed by atoms with Crippen molar-refractivity contribution in [2.45, 2.75) is 151 Å². The molecule has 2 saturated carbocycles. The van der Waals surface area contributed by atoms with E-state index in [0.717, 1.165) is 73.4 Å². The number of ketones is 1. The number of unbranched alkanes of at least 4 members (excludes halogenated alkanes) is 4. The molecule has 0 amide bonds. The largest absolute Gasteiger partial charge is 0.392 e. The van der Waals surface area contributed by atoms with Crippen LogP contribution in [0.15, 0.2) is 0 Å². The van der Waals surface area contributed by atoms with Gasteiger partial charge in [0, 0.05) is 34.8 Å². The molecule has 0 aromatic rings. The van der Waals surface area contributed by atoms with Crippen LogP contribution < -0.4 is 0 Å². The fourth-order valence-corrected chi connectivity index (χ4v) is 7.66. The van der Waals surface area contributed by atoms with Gasteiger partial charge in [-0.05, 0) is 51.4 Å². The van der Waals surface area contributed by atoms with E-state index in [2.05, 4.69) is 0 Å². The summed E-state index contributed by atoms with van der Waals surface area (Å²) in [5, 5.41) is 21.9. The van der Waals surface area contributed by atoms with E-state index in [0.29, 0.717) is 18.6 Å². The predicted octanol–water partition coefficient (Wildman–Crippen LogP) is 7.31. The molecular weight excluding hydrogens is 436 g/mol. The van der Waals surface area contributed by atoms with Crippen molar-refractivity contribution >= 4 is 29.3 Å². The van der Waals surface area contributed by atoms with Crippen LogP contribution in [0.1, 0.15) is 128 Å². The Hall–Kier alpha value is 0.290. The molecule has 0 aromatic carbocycles. The van der Waals surface area contributed by atoms with Gasteiger partial charge in [-0.1, -0.05) is 64.2 Å². The van der Waals surface area contributed by atoms with Crippen molar-refractivity contribution in [3.05, 3.63) is 0 Å². The predicted molar refractivity (Wildman–Crippen MR) is 142 cm³/mol. The van der Waals surface area contributed by atoms with Gasteiger partial charge in [-0.15, -0.1) is 0 Å². The van der Waals surface area contributed by atoms with Crippen LogP contribution in [0.4, 0.5) is 0 Å². The van der Waals surface area contributed by atoms with E-state index in [1.54, 1.807) is 0 Å². The van der Waals surface area contributed by atoms with Gasteiger partial charge in [0.15, 0.2) is 0 Å². The Labute approximate surface area is 206 Å². The molecule has 2 aliphatic carbocycles. The van der Waals surface area contributed by atoms with Gasteiger partial charge in [0.25, 0.3) is 0 Å². The molecule has 0 spiro atoms. The molecule has 2 rings (SSSR count). The normalized spacial score (nSPS) is 20.3. The number of carbonyl (C=O) groups is 1. The molecule has 0 saturated heterocycles.